The summed E-state index contributed by atoms with van der Waals surface area (Å²) < 4.78 is 5.38. The van der Waals surface area contributed by atoms with Crippen molar-refractivity contribution in [1.29, 1.82) is 0 Å². The van der Waals surface area contributed by atoms with Gasteiger partial charge in [-0.25, -0.2) is 0 Å². The molecular formula is C12H25NO. The highest BCUT2D eigenvalue weighted by Crippen LogP contribution is 2.16. The Morgan fingerprint density at radius 2 is 2.21 bits per heavy atom. The van der Waals surface area contributed by atoms with Crippen LogP contribution in [0, 0.1) is 5.92 Å². The van der Waals surface area contributed by atoms with E-state index in [2.05, 4.69) is 19.2 Å². The topological polar surface area (TPSA) is 21.3 Å². The minimum absolute atomic E-state index is 0.638. The summed E-state index contributed by atoms with van der Waals surface area (Å²) in [6.07, 6.45) is 6.64. The van der Waals surface area contributed by atoms with Crippen LogP contribution in [0.5, 0.6) is 0 Å². The van der Waals surface area contributed by atoms with Crippen LogP contribution in [0.2, 0.25) is 0 Å². The fourth-order valence-electron chi connectivity index (χ4n) is 2.00. The van der Waals surface area contributed by atoms with E-state index in [1.54, 1.807) is 0 Å². The van der Waals surface area contributed by atoms with E-state index in [0.717, 1.165) is 19.1 Å². The molecule has 2 nitrogen and oxygen atoms in total. The Labute approximate surface area is 88.4 Å². The van der Waals surface area contributed by atoms with Crippen LogP contribution in [0.25, 0.3) is 0 Å². The van der Waals surface area contributed by atoms with Gasteiger partial charge in [-0.2, -0.15) is 0 Å². The highest BCUT2D eigenvalue weighted by atomic mass is 16.5. The normalized spacial score (nSPS) is 24.0. The lowest BCUT2D eigenvalue weighted by Gasteiger charge is -2.19. The minimum atomic E-state index is 0.638. The average molecular weight is 199 g/mol. The van der Waals surface area contributed by atoms with Crippen molar-refractivity contribution in [1.82, 2.24) is 5.32 Å². The third kappa shape index (κ3) is 4.43. The molecule has 1 saturated heterocycles. The fraction of sp³-hybridized carbons (Fsp3) is 1.00. The maximum Gasteiger partial charge on any atom is 0.0509 e. The lowest BCUT2D eigenvalue weighted by Crippen LogP contribution is -2.34. The van der Waals surface area contributed by atoms with Gasteiger partial charge in [-0.15, -0.1) is 0 Å². The molecule has 0 spiro atoms. The van der Waals surface area contributed by atoms with Gasteiger partial charge in [-0.05, 0) is 32.2 Å². The van der Waals surface area contributed by atoms with Crippen molar-refractivity contribution in [3.05, 3.63) is 0 Å². The number of ether oxygens (including phenoxy) is 1. The summed E-state index contributed by atoms with van der Waals surface area (Å²) in [5, 5.41) is 3.60. The molecule has 1 N–H and O–H groups in total. The molecule has 1 fully saturated rings. The van der Waals surface area contributed by atoms with Gasteiger partial charge >= 0.3 is 0 Å². The summed E-state index contributed by atoms with van der Waals surface area (Å²) in [4.78, 5) is 0. The minimum Gasteiger partial charge on any atom is -0.381 e. The summed E-state index contributed by atoms with van der Waals surface area (Å²) >= 11 is 0. The summed E-state index contributed by atoms with van der Waals surface area (Å²) in [5.74, 6) is 0.751. The molecule has 2 heteroatoms. The molecule has 0 bridgehead atoms. The summed E-state index contributed by atoms with van der Waals surface area (Å²) in [6.45, 7) is 7.65. The summed E-state index contributed by atoms with van der Waals surface area (Å²) in [7, 11) is 0. The van der Waals surface area contributed by atoms with Crippen LogP contribution in [-0.4, -0.2) is 25.8 Å². The third-order valence-corrected chi connectivity index (χ3v) is 3.17. The predicted octanol–water partition coefficient (Wildman–Crippen LogP) is 2.58. The number of hydrogen-bond donors (Lipinski definition) is 1. The van der Waals surface area contributed by atoms with E-state index in [-0.39, 0.29) is 0 Å². The Morgan fingerprint density at radius 1 is 1.36 bits per heavy atom. The molecule has 1 heterocycles. The Bertz CT molecular complexity index is 132. The maximum absolute atomic E-state index is 5.38. The molecule has 0 amide bonds. The molecular weight excluding hydrogens is 174 g/mol. The average Bonchev–Trinajstić information content (AvgIpc) is 2.70. The SMILES string of the molecule is CCCCCCNC(C)C1CCOC1. The number of rotatable bonds is 7. The van der Waals surface area contributed by atoms with Gasteiger partial charge in [0.15, 0.2) is 0 Å². The van der Waals surface area contributed by atoms with Gasteiger partial charge in [-0.1, -0.05) is 26.2 Å². The molecule has 0 aliphatic carbocycles. The van der Waals surface area contributed by atoms with Crippen molar-refractivity contribution >= 4 is 0 Å². The second-order valence-electron chi connectivity index (χ2n) is 4.43. The van der Waals surface area contributed by atoms with Crippen LogP contribution in [0.15, 0.2) is 0 Å². The first-order chi connectivity index (χ1) is 6.84. The molecule has 1 rings (SSSR count). The van der Waals surface area contributed by atoms with Gasteiger partial charge in [-0.3, -0.25) is 0 Å². The quantitative estimate of drug-likeness (QED) is 0.636. The fourth-order valence-corrected chi connectivity index (χ4v) is 2.00. The zero-order valence-corrected chi connectivity index (χ0v) is 9.72. The van der Waals surface area contributed by atoms with Gasteiger partial charge in [0, 0.05) is 12.6 Å². The lowest BCUT2D eigenvalue weighted by molar-refractivity contribution is 0.178. The van der Waals surface area contributed by atoms with E-state index in [0.29, 0.717) is 6.04 Å². The summed E-state index contributed by atoms with van der Waals surface area (Å²) in [6, 6.07) is 0.638. The van der Waals surface area contributed by atoms with Crippen LogP contribution < -0.4 is 5.32 Å². The largest absolute Gasteiger partial charge is 0.381 e. The molecule has 0 aromatic carbocycles. The van der Waals surface area contributed by atoms with Gasteiger partial charge in [0.2, 0.25) is 0 Å². The van der Waals surface area contributed by atoms with E-state index >= 15 is 0 Å². The molecule has 84 valence electrons. The monoisotopic (exact) mass is 199 g/mol. The standard InChI is InChI=1S/C12H25NO/c1-3-4-5-6-8-13-11(2)12-7-9-14-10-12/h11-13H,3-10H2,1-2H3. The number of unbranched alkanes of at least 4 members (excludes halogenated alkanes) is 3. The molecule has 1 aliphatic heterocycles. The molecule has 1 aliphatic rings. The Balaban J connectivity index is 1.94. The second-order valence-corrected chi connectivity index (χ2v) is 4.43. The number of nitrogens with one attached hydrogen (secondary N) is 1. The van der Waals surface area contributed by atoms with Crippen LogP contribution >= 0.6 is 0 Å². The van der Waals surface area contributed by atoms with Gasteiger partial charge in [0.1, 0.15) is 0 Å². The molecule has 14 heavy (non-hydrogen) atoms. The molecule has 0 aromatic rings. The van der Waals surface area contributed by atoms with Crippen molar-refractivity contribution in [2.24, 2.45) is 5.92 Å². The van der Waals surface area contributed by atoms with E-state index < -0.39 is 0 Å². The smallest absolute Gasteiger partial charge is 0.0509 e. The first-order valence-corrected chi connectivity index (χ1v) is 6.15. The van der Waals surface area contributed by atoms with Gasteiger partial charge in [0.05, 0.1) is 6.61 Å². The van der Waals surface area contributed by atoms with Crippen molar-refractivity contribution in [3.8, 4) is 0 Å². The first-order valence-electron chi connectivity index (χ1n) is 6.15. The highest BCUT2D eigenvalue weighted by Gasteiger charge is 2.21. The van der Waals surface area contributed by atoms with Crippen LogP contribution in [0.3, 0.4) is 0 Å². The Hall–Kier alpha value is -0.0800. The van der Waals surface area contributed by atoms with Crippen molar-refractivity contribution in [2.75, 3.05) is 19.8 Å². The Morgan fingerprint density at radius 3 is 2.86 bits per heavy atom. The third-order valence-electron chi connectivity index (χ3n) is 3.17. The van der Waals surface area contributed by atoms with Gasteiger partial charge < -0.3 is 10.1 Å². The molecule has 0 aromatic heterocycles. The zero-order chi connectivity index (χ0) is 10.2. The van der Waals surface area contributed by atoms with Crippen molar-refractivity contribution < 1.29 is 4.74 Å². The van der Waals surface area contributed by atoms with E-state index in [1.165, 1.54) is 38.6 Å². The highest BCUT2D eigenvalue weighted by molar-refractivity contribution is 4.75. The van der Waals surface area contributed by atoms with Crippen LogP contribution in [0.1, 0.15) is 46.0 Å². The zero-order valence-electron chi connectivity index (χ0n) is 9.72. The van der Waals surface area contributed by atoms with Crippen LogP contribution in [-0.2, 0) is 4.74 Å². The molecule has 0 saturated carbocycles. The van der Waals surface area contributed by atoms with Gasteiger partial charge in [0.25, 0.3) is 0 Å². The lowest BCUT2D eigenvalue weighted by atomic mass is 10.0. The second kappa shape index (κ2) is 7.24. The van der Waals surface area contributed by atoms with E-state index in [4.69, 9.17) is 4.74 Å². The first kappa shape index (κ1) is 12.0. The molecule has 2 atom stereocenters. The number of hydrogen-bond acceptors (Lipinski definition) is 2. The molecule has 0 radical (unpaired) electrons. The molecule has 2 unspecified atom stereocenters. The Kier molecular flexibility index (Phi) is 6.20. The van der Waals surface area contributed by atoms with E-state index in [9.17, 15) is 0 Å². The van der Waals surface area contributed by atoms with E-state index in [1.807, 2.05) is 0 Å². The maximum atomic E-state index is 5.38. The van der Waals surface area contributed by atoms with Crippen molar-refractivity contribution in [3.63, 3.8) is 0 Å². The predicted molar refractivity (Wildman–Crippen MR) is 60.5 cm³/mol. The van der Waals surface area contributed by atoms with Crippen LogP contribution in [0.4, 0.5) is 0 Å². The summed E-state index contributed by atoms with van der Waals surface area (Å²) in [5.41, 5.74) is 0. The van der Waals surface area contributed by atoms with Crippen molar-refractivity contribution in [2.45, 2.75) is 52.0 Å².